The normalized spacial score (nSPS) is 18.8. The number of nitrogens with one attached hydrogen (secondary N) is 1. The van der Waals surface area contributed by atoms with Crippen molar-refractivity contribution in [1.29, 1.82) is 0 Å². The Morgan fingerprint density at radius 3 is 2.06 bits per heavy atom. The Morgan fingerprint density at radius 1 is 1.06 bits per heavy atom. The Bertz CT molecular complexity index is 221. The molecule has 1 rings (SSSR count). The summed E-state index contributed by atoms with van der Waals surface area (Å²) in [5.41, 5.74) is 0. The van der Waals surface area contributed by atoms with E-state index < -0.39 is 12.2 Å². The van der Waals surface area contributed by atoms with E-state index in [2.05, 4.69) is 5.32 Å². The Labute approximate surface area is 109 Å². The third-order valence-corrected chi connectivity index (χ3v) is 3.36. The first-order valence-electron chi connectivity index (χ1n) is 6.95. The SMILES string of the molecule is O=C(NC1CCCCCCCC1)OC(CO)CO. The van der Waals surface area contributed by atoms with E-state index in [9.17, 15) is 4.79 Å². The second kappa shape index (κ2) is 9.16. The summed E-state index contributed by atoms with van der Waals surface area (Å²) in [5, 5.41) is 20.5. The molecule has 1 fully saturated rings. The van der Waals surface area contributed by atoms with Crippen LogP contribution in [0, 0.1) is 0 Å². The Kier molecular flexibility index (Phi) is 7.76. The van der Waals surface area contributed by atoms with Gasteiger partial charge in [-0.25, -0.2) is 4.79 Å². The number of alkyl carbamates (subject to hydrolysis) is 1. The number of ether oxygens (including phenoxy) is 1. The van der Waals surface area contributed by atoms with Crippen LogP contribution < -0.4 is 5.32 Å². The highest BCUT2D eigenvalue weighted by Gasteiger charge is 2.17. The van der Waals surface area contributed by atoms with E-state index in [1.54, 1.807) is 0 Å². The lowest BCUT2D eigenvalue weighted by Crippen LogP contribution is -2.39. The highest BCUT2D eigenvalue weighted by Crippen LogP contribution is 2.17. The molecule has 0 spiro atoms. The maximum atomic E-state index is 11.6. The molecule has 1 amide bonds. The van der Waals surface area contributed by atoms with Gasteiger partial charge in [0.1, 0.15) is 6.10 Å². The zero-order chi connectivity index (χ0) is 13.2. The van der Waals surface area contributed by atoms with Crippen molar-refractivity contribution in [2.75, 3.05) is 13.2 Å². The molecule has 3 N–H and O–H groups in total. The maximum Gasteiger partial charge on any atom is 0.407 e. The lowest BCUT2D eigenvalue weighted by molar-refractivity contribution is 0.0206. The van der Waals surface area contributed by atoms with E-state index in [1.807, 2.05) is 0 Å². The zero-order valence-electron chi connectivity index (χ0n) is 10.9. The molecule has 0 aromatic rings. The van der Waals surface area contributed by atoms with Gasteiger partial charge in [0.2, 0.25) is 0 Å². The van der Waals surface area contributed by atoms with Crippen LogP contribution >= 0.6 is 0 Å². The fourth-order valence-electron chi connectivity index (χ4n) is 2.26. The number of carbonyl (C=O) groups excluding carboxylic acids is 1. The van der Waals surface area contributed by atoms with E-state index in [0.717, 1.165) is 25.7 Å². The average molecular weight is 259 g/mol. The predicted molar refractivity (Wildman–Crippen MR) is 68.3 cm³/mol. The number of aliphatic hydroxyl groups is 2. The molecule has 0 unspecified atom stereocenters. The third-order valence-electron chi connectivity index (χ3n) is 3.36. The fraction of sp³-hybridized carbons (Fsp3) is 0.923. The summed E-state index contributed by atoms with van der Waals surface area (Å²) in [6, 6.07) is 0.161. The van der Waals surface area contributed by atoms with Crippen LogP contribution in [0.3, 0.4) is 0 Å². The van der Waals surface area contributed by atoms with Gasteiger partial charge >= 0.3 is 6.09 Å². The number of rotatable bonds is 4. The smallest absolute Gasteiger partial charge is 0.407 e. The minimum Gasteiger partial charge on any atom is -0.441 e. The summed E-state index contributed by atoms with van der Waals surface area (Å²) in [6.07, 6.45) is 7.90. The third kappa shape index (κ3) is 6.21. The molecule has 5 nitrogen and oxygen atoms in total. The first-order valence-corrected chi connectivity index (χ1v) is 6.95. The lowest BCUT2D eigenvalue weighted by Gasteiger charge is -2.19. The minimum absolute atomic E-state index is 0.161. The molecule has 1 aliphatic rings. The molecule has 5 heteroatoms. The Hall–Kier alpha value is -0.810. The van der Waals surface area contributed by atoms with Crippen molar-refractivity contribution in [2.45, 2.75) is 63.5 Å². The zero-order valence-corrected chi connectivity index (χ0v) is 10.9. The number of amides is 1. The standard InChI is InChI=1S/C13H25NO4/c15-9-12(10-16)18-13(17)14-11-7-5-3-1-2-4-6-8-11/h11-12,15-16H,1-10H2,(H,14,17). The monoisotopic (exact) mass is 259 g/mol. The second-order valence-electron chi connectivity index (χ2n) is 4.93. The van der Waals surface area contributed by atoms with Gasteiger partial charge < -0.3 is 20.3 Å². The van der Waals surface area contributed by atoms with E-state index in [0.29, 0.717) is 0 Å². The van der Waals surface area contributed by atoms with Crippen LogP contribution in [0.5, 0.6) is 0 Å². The number of hydrogen-bond acceptors (Lipinski definition) is 4. The van der Waals surface area contributed by atoms with Crippen molar-refractivity contribution >= 4 is 6.09 Å². The van der Waals surface area contributed by atoms with Gasteiger partial charge in [0, 0.05) is 6.04 Å². The molecule has 18 heavy (non-hydrogen) atoms. The summed E-state index contributed by atoms with van der Waals surface area (Å²) in [5.74, 6) is 0. The van der Waals surface area contributed by atoms with Crippen LogP contribution in [-0.4, -0.2) is 41.7 Å². The van der Waals surface area contributed by atoms with E-state index in [4.69, 9.17) is 14.9 Å². The molecular formula is C13H25NO4. The van der Waals surface area contributed by atoms with Crippen LogP contribution in [0.15, 0.2) is 0 Å². The first-order chi connectivity index (χ1) is 8.76. The van der Waals surface area contributed by atoms with Gasteiger partial charge in [0.25, 0.3) is 0 Å². The van der Waals surface area contributed by atoms with Crippen molar-refractivity contribution in [1.82, 2.24) is 5.32 Å². The van der Waals surface area contributed by atoms with Crippen LogP contribution in [0.2, 0.25) is 0 Å². The van der Waals surface area contributed by atoms with Crippen molar-refractivity contribution in [3.05, 3.63) is 0 Å². The average Bonchev–Trinajstić information content (AvgIpc) is 2.50. The molecule has 0 aromatic heterocycles. The molecule has 0 radical (unpaired) electrons. The van der Waals surface area contributed by atoms with Crippen LogP contribution in [-0.2, 0) is 4.74 Å². The van der Waals surface area contributed by atoms with E-state index >= 15 is 0 Å². The predicted octanol–water partition coefficient (Wildman–Crippen LogP) is 1.57. The highest BCUT2D eigenvalue weighted by atomic mass is 16.6. The van der Waals surface area contributed by atoms with Crippen LogP contribution in [0.1, 0.15) is 51.4 Å². The second-order valence-corrected chi connectivity index (χ2v) is 4.93. The van der Waals surface area contributed by atoms with Crippen LogP contribution in [0.25, 0.3) is 0 Å². The highest BCUT2D eigenvalue weighted by molar-refractivity contribution is 5.67. The largest absolute Gasteiger partial charge is 0.441 e. The van der Waals surface area contributed by atoms with Gasteiger partial charge in [0.05, 0.1) is 13.2 Å². The van der Waals surface area contributed by atoms with Gasteiger partial charge in [-0.1, -0.05) is 38.5 Å². The summed E-state index contributed by atoms with van der Waals surface area (Å²) < 4.78 is 4.90. The molecule has 106 valence electrons. The number of carbonyl (C=O) groups is 1. The van der Waals surface area contributed by atoms with Gasteiger partial charge in [-0.2, -0.15) is 0 Å². The molecule has 0 saturated heterocycles. The van der Waals surface area contributed by atoms with Gasteiger partial charge in [-0.05, 0) is 12.8 Å². The van der Waals surface area contributed by atoms with Crippen molar-refractivity contribution in [3.63, 3.8) is 0 Å². The Balaban J connectivity index is 2.31. The van der Waals surface area contributed by atoms with Crippen molar-refractivity contribution < 1.29 is 19.7 Å². The van der Waals surface area contributed by atoms with E-state index in [1.165, 1.54) is 25.7 Å². The maximum absolute atomic E-state index is 11.6. The molecule has 0 bridgehead atoms. The van der Waals surface area contributed by atoms with Crippen molar-refractivity contribution in [2.24, 2.45) is 0 Å². The van der Waals surface area contributed by atoms with E-state index in [-0.39, 0.29) is 19.3 Å². The molecule has 1 saturated carbocycles. The lowest BCUT2D eigenvalue weighted by atomic mass is 10.1. The minimum atomic E-state index is -0.818. The topological polar surface area (TPSA) is 78.8 Å². The summed E-state index contributed by atoms with van der Waals surface area (Å²) >= 11 is 0. The summed E-state index contributed by atoms with van der Waals surface area (Å²) in [7, 11) is 0. The molecule has 0 aliphatic heterocycles. The summed E-state index contributed by atoms with van der Waals surface area (Å²) in [4.78, 5) is 11.6. The molecule has 0 aromatic carbocycles. The molecule has 0 heterocycles. The van der Waals surface area contributed by atoms with Gasteiger partial charge in [-0.3, -0.25) is 0 Å². The van der Waals surface area contributed by atoms with Crippen molar-refractivity contribution in [3.8, 4) is 0 Å². The molecule has 0 atom stereocenters. The number of aliphatic hydroxyl groups excluding tert-OH is 2. The molecule has 1 aliphatic carbocycles. The first kappa shape index (κ1) is 15.2. The van der Waals surface area contributed by atoms with Gasteiger partial charge in [0.15, 0.2) is 0 Å². The quantitative estimate of drug-likeness (QED) is 0.716. The molecular weight excluding hydrogens is 234 g/mol. The van der Waals surface area contributed by atoms with Gasteiger partial charge in [-0.15, -0.1) is 0 Å². The fourth-order valence-corrected chi connectivity index (χ4v) is 2.26. The van der Waals surface area contributed by atoms with Crippen LogP contribution in [0.4, 0.5) is 4.79 Å². The number of hydrogen-bond donors (Lipinski definition) is 3. The Morgan fingerprint density at radius 2 is 1.56 bits per heavy atom. The summed E-state index contributed by atoms with van der Waals surface area (Å²) in [6.45, 7) is -0.705.